The number of halogens is 11. The molecule has 0 heterocycles. The molecule has 2 rings (SSSR count). The van der Waals surface area contributed by atoms with Crippen LogP contribution in [0.5, 0.6) is 5.75 Å². The zero-order valence-corrected chi connectivity index (χ0v) is 14.5. The highest BCUT2D eigenvalue weighted by Gasteiger charge is 3.02. The van der Waals surface area contributed by atoms with Crippen molar-refractivity contribution >= 4 is 17.3 Å². The summed E-state index contributed by atoms with van der Waals surface area (Å²) < 4.78 is 155. The van der Waals surface area contributed by atoms with Crippen molar-refractivity contribution in [2.24, 2.45) is 0 Å². The lowest BCUT2D eigenvalue weighted by Gasteiger charge is -2.51. The number of alkyl halides is 11. The zero-order valence-electron chi connectivity index (χ0n) is 14.5. The number of nitrogens with one attached hydrogen (secondary N) is 1. The molecule has 1 aliphatic rings. The van der Waals surface area contributed by atoms with Crippen LogP contribution in [0.15, 0.2) is 18.2 Å². The number of benzene rings is 1. The predicted molar refractivity (Wildman–Crippen MR) is 76.9 cm³/mol. The monoisotopic (exact) mass is 476 g/mol. The minimum absolute atomic E-state index is 0.356. The van der Waals surface area contributed by atoms with E-state index in [0.717, 1.165) is 7.11 Å². The summed E-state index contributed by atoms with van der Waals surface area (Å²) in [7, 11) is 0.960. The first-order valence-electron chi connectivity index (χ1n) is 7.47. The number of methoxy groups -OCH3 is 1. The average molecular weight is 476 g/mol. The highest BCUT2D eigenvalue weighted by Crippen LogP contribution is 2.69. The van der Waals surface area contributed by atoms with Crippen molar-refractivity contribution in [1.29, 1.82) is 0 Å². The first kappa shape index (κ1) is 24.4. The molecule has 0 spiro atoms. The number of nitro benzene ring substituents is 1. The topological polar surface area (TPSA) is 81.5 Å². The van der Waals surface area contributed by atoms with Crippen molar-refractivity contribution < 1.29 is 62.7 Å². The van der Waals surface area contributed by atoms with Gasteiger partial charge in [0.25, 0.3) is 11.6 Å². The van der Waals surface area contributed by atoms with E-state index in [-0.39, 0.29) is 5.75 Å². The number of carbonyl (C=O) groups excluding carboxylic acids is 1. The molecule has 1 amide bonds. The standard InChI is InChI=1S/C14H7F11N2O4/c1-31-5-2-3-6(7(4-5)27(29)30)26-8(28)9(15)10(16,17)12(20,21)14(24,25)13(22,23)11(9,18)19/h2-4H,1H3,(H,26,28). The van der Waals surface area contributed by atoms with Crippen LogP contribution in [0.4, 0.5) is 59.7 Å². The number of hydrogen-bond acceptors (Lipinski definition) is 4. The lowest BCUT2D eigenvalue weighted by Crippen LogP contribution is -2.86. The molecule has 1 aromatic carbocycles. The molecule has 0 bridgehead atoms. The summed E-state index contributed by atoms with van der Waals surface area (Å²) in [6, 6.07) is 1.50. The van der Waals surface area contributed by atoms with Crippen LogP contribution < -0.4 is 10.1 Å². The summed E-state index contributed by atoms with van der Waals surface area (Å²) in [6.45, 7) is 0. The summed E-state index contributed by atoms with van der Waals surface area (Å²) >= 11 is 0. The third kappa shape index (κ3) is 2.67. The second-order valence-corrected chi connectivity index (χ2v) is 6.12. The van der Waals surface area contributed by atoms with Crippen LogP contribution in [0.25, 0.3) is 0 Å². The Morgan fingerprint density at radius 3 is 1.68 bits per heavy atom. The molecule has 174 valence electrons. The van der Waals surface area contributed by atoms with Crippen LogP contribution in [0.3, 0.4) is 0 Å². The predicted octanol–water partition coefficient (Wildman–Crippen LogP) is 4.44. The fourth-order valence-electron chi connectivity index (χ4n) is 2.61. The zero-order chi connectivity index (χ0) is 24.4. The third-order valence-corrected chi connectivity index (χ3v) is 4.41. The van der Waals surface area contributed by atoms with Crippen molar-refractivity contribution in [2.75, 3.05) is 12.4 Å². The lowest BCUT2D eigenvalue weighted by atomic mass is 9.71. The molecular formula is C14H7F11N2O4. The van der Waals surface area contributed by atoms with E-state index in [1.54, 1.807) is 0 Å². The van der Waals surface area contributed by atoms with E-state index in [0.29, 0.717) is 23.5 Å². The van der Waals surface area contributed by atoms with Crippen LogP contribution in [0, 0.1) is 10.1 Å². The molecule has 1 aromatic rings. The van der Waals surface area contributed by atoms with Crippen molar-refractivity contribution in [3.8, 4) is 5.75 Å². The molecule has 0 unspecified atom stereocenters. The Morgan fingerprint density at radius 1 is 0.871 bits per heavy atom. The summed E-state index contributed by atoms with van der Waals surface area (Å²) in [5.41, 5.74) is -9.73. The number of hydrogen-bond donors (Lipinski definition) is 1. The first-order chi connectivity index (χ1) is 13.8. The minimum atomic E-state index is -7.49. The van der Waals surface area contributed by atoms with Crippen molar-refractivity contribution in [2.45, 2.75) is 35.3 Å². The van der Waals surface area contributed by atoms with E-state index in [4.69, 9.17) is 0 Å². The number of amides is 1. The molecule has 0 radical (unpaired) electrons. The molecule has 31 heavy (non-hydrogen) atoms. The number of nitrogens with zero attached hydrogens (tertiary/aromatic N) is 1. The van der Waals surface area contributed by atoms with Crippen molar-refractivity contribution in [3.63, 3.8) is 0 Å². The van der Waals surface area contributed by atoms with E-state index in [1.165, 1.54) is 0 Å². The van der Waals surface area contributed by atoms with Gasteiger partial charge in [0, 0.05) is 0 Å². The van der Waals surface area contributed by atoms with E-state index in [9.17, 15) is 63.2 Å². The fraction of sp³-hybridized carbons (Fsp3) is 0.500. The molecule has 0 saturated heterocycles. The second kappa shape index (κ2) is 6.56. The Kier molecular flexibility index (Phi) is 5.16. The van der Waals surface area contributed by atoms with Gasteiger partial charge in [-0.05, 0) is 12.1 Å². The maximum atomic E-state index is 14.6. The molecule has 1 N–H and O–H groups in total. The highest BCUT2D eigenvalue weighted by atomic mass is 19.4. The van der Waals surface area contributed by atoms with E-state index in [1.807, 2.05) is 0 Å². The molecule has 1 saturated carbocycles. The van der Waals surface area contributed by atoms with Crippen LogP contribution in [-0.2, 0) is 4.79 Å². The Morgan fingerprint density at radius 2 is 1.29 bits per heavy atom. The fourth-order valence-corrected chi connectivity index (χ4v) is 2.61. The number of carbonyl (C=O) groups is 1. The second-order valence-electron chi connectivity index (χ2n) is 6.12. The summed E-state index contributed by atoms with van der Waals surface area (Å²) in [4.78, 5) is 21.4. The molecule has 0 atom stereocenters. The van der Waals surface area contributed by atoms with E-state index < -0.39 is 57.5 Å². The van der Waals surface area contributed by atoms with Crippen molar-refractivity contribution in [1.82, 2.24) is 0 Å². The largest absolute Gasteiger partial charge is 0.496 e. The molecule has 6 nitrogen and oxygen atoms in total. The minimum Gasteiger partial charge on any atom is -0.496 e. The molecule has 1 fully saturated rings. The van der Waals surface area contributed by atoms with Gasteiger partial charge in [0.2, 0.25) is 0 Å². The average Bonchev–Trinajstić information content (AvgIpc) is 2.65. The van der Waals surface area contributed by atoms with Crippen LogP contribution >= 0.6 is 0 Å². The van der Waals surface area contributed by atoms with E-state index in [2.05, 4.69) is 4.74 Å². The van der Waals surface area contributed by atoms with Gasteiger partial charge in [-0.2, -0.15) is 43.9 Å². The maximum Gasteiger partial charge on any atom is 0.384 e. The number of rotatable bonds is 4. The SMILES string of the molecule is COc1ccc(NC(=O)C2(F)C(F)(F)C(F)(F)C(F)(F)C(F)(F)C2(F)F)c([N+](=O)[O-])c1. The van der Waals surface area contributed by atoms with Crippen LogP contribution in [0.2, 0.25) is 0 Å². The molecule has 0 aromatic heterocycles. The van der Waals surface area contributed by atoms with Crippen LogP contribution in [0.1, 0.15) is 0 Å². The Hall–Kier alpha value is -2.88. The van der Waals surface area contributed by atoms with Gasteiger partial charge in [0.15, 0.2) is 0 Å². The lowest BCUT2D eigenvalue weighted by molar-refractivity contribution is -0.475. The van der Waals surface area contributed by atoms with Gasteiger partial charge in [0.1, 0.15) is 11.4 Å². The molecular weight excluding hydrogens is 469 g/mol. The van der Waals surface area contributed by atoms with Gasteiger partial charge in [-0.15, -0.1) is 0 Å². The van der Waals surface area contributed by atoms with Gasteiger partial charge in [-0.3, -0.25) is 14.9 Å². The molecule has 1 aliphatic carbocycles. The van der Waals surface area contributed by atoms with E-state index >= 15 is 0 Å². The smallest absolute Gasteiger partial charge is 0.384 e. The third-order valence-electron chi connectivity index (χ3n) is 4.41. The molecule has 17 heteroatoms. The number of anilines is 1. The van der Waals surface area contributed by atoms with Gasteiger partial charge in [0.05, 0.1) is 18.1 Å². The first-order valence-corrected chi connectivity index (χ1v) is 7.47. The normalized spacial score (nSPS) is 24.1. The van der Waals surface area contributed by atoms with Gasteiger partial charge in [-0.25, -0.2) is 4.39 Å². The van der Waals surface area contributed by atoms with Gasteiger partial charge >= 0.3 is 35.3 Å². The van der Waals surface area contributed by atoms with Gasteiger partial charge in [-0.1, -0.05) is 0 Å². The Balaban J connectivity index is 2.71. The highest BCUT2D eigenvalue weighted by molar-refractivity contribution is 6.01. The number of nitro groups is 1. The Labute approximate surface area is 163 Å². The quantitative estimate of drug-likeness (QED) is 0.396. The van der Waals surface area contributed by atoms with Gasteiger partial charge < -0.3 is 10.1 Å². The number of ether oxygens (including phenoxy) is 1. The van der Waals surface area contributed by atoms with Crippen molar-refractivity contribution in [3.05, 3.63) is 28.3 Å². The summed E-state index contributed by atoms with van der Waals surface area (Å²) in [5.74, 6) is -41.3. The van der Waals surface area contributed by atoms with Crippen LogP contribution in [-0.4, -0.2) is 53.2 Å². The Bertz CT molecular complexity index is 905. The summed E-state index contributed by atoms with van der Waals surface area (Å²) in [5, 5.41) is 11.6. The summed E-state index contributed by atoms with van der Waals surface area (Å²) in [6.07, 6.45) is 0. The molecule has 0 aliphatic heterocycles. The maximum absolute atomic E-state index is 14.6.